The summed E-state index contributed by atoms with van der Waals surface area (Å²) in [6, 6.07) is 5.94. The standard InChI is InChI=1S/C10H9N5S/c11-4-6-2-1-3-7-9(6)14-10(13-7)8-5-12-15-16-8/h1-3,5H,4,11H2,(H,13,14). The second-order valence-corrected chi connectivity index (χ2v) is 4.17. The van der Waals surface area contributed by atoms with Crippen molar-refractivity contribution in [3.63, 3.8) is 0 Å². The number of fused-ring (bicyclic) bond motifs is 1. The highest BCUT2D eigenvalue weighted by molar-refractivity contribution is 7.09. The van der Waals surface area contributed by atoms with Crippen LogP contribution < -0.4 is 5.73 Å². The second kappa shape index (κ2) is 3.66. The van der Waals surface area contributed by atoms with Gasteiger partial charge in [-0.1, -0.05) is 16.6 Å². The van der Waals surface area contributed by atoms with E-state index in [1.165, 1.54) is 11.5 Å². The number of hydrogen-bond donors (Lipinski definition) is 2. The van der Waals surface area contributed by atoms with Crippen molar-refractivity contribution >= 4 is 22.6 Å². The number of aromatic nitrogens is 4. The lowest BCUT2D eigenvalue weighted by Crippen LogP contribution is -1.96. The lowest BCUT2D eigenvalue weighted by Gasteiger charge is -1.95. The van der Waals surface area contributed by atoms with Gasteiger partial charge in [-0.2, -0.15) is 0 Å². The van der Waals surface area contributed by atoms with Crippen molar-refractivity contribution in [1.82, 2.24) is 19.6 Å². The number of para-hydroxylation sites is 1. The quantitative estimate of drug-likeness (QED) is 0.701. The minimum absolute atomic E-state index is 0.489. The molecule has 80 valence electrons. The van der Waals surface area contributed by atoms with Gasteiger partial charge in [0.2, 0.25) is 0 Å². The molecule has 0 aliphatic rings. The Morgan fingerprint density at radius 1 is 1.38 bits per heavy atom. The van der Waals surface area contributed by atoms with Crippen LogP contribution in [-0.4, -0.2) is 19.6 Å². The molecule has 2 heterocycles. The van der Waals surface area contributed by atoms with Crippen molar-refractivity contribution in [2.75, 3.05) is 0 Å². The Morgan fingerprint density at radius 2 is 2.31 bits per heavy atom. The highest BCUT2D eigenvalue weighted by Crippen LogP contribution is 2.23. The molecule has 0 bridgehead atoms. The lowest BCUT2D eigenvalue weighted by molar-refractivity contribution is 1.08. The third-order valence-electron chi connectivity index (χ3n) is 2.41. The summed E-state index contributed by atoms with van der Waals surface area (Å²) in [5, 5.41) is 3.80. The summed E-state index contributed by atoms with van der Waals surface area (Å²) in [7, 11) is 0. The molecule has 3 aromatic rings. The van der Waals surface area contributed by atoms with E-state index in [2.05, 4.69) is 19.6 Å². The topological polar surface area (TPSA) is 80.5 Å². The average molecular weight is 231 g/mol. The van der Waals surface area contributed by atoms with Crippen molar-refractivity contribution in [3.05, 3.63) is 30.0 Å². The Kier molecular flexibility index (Phi) is 2.16. The predicted octanol–water partition coefficient (Wildman–Crippen LogP) is 1.54. The Bertz CT molecular complexity index is 613. The Balaban J connectivity index is 2.23. The molecular weight excluding hydrogens is 222 g/mol. The van der Waals surface area contributed by atoms with Gasteiger partial charge in [-0.25, -0.2) is 4.98 Å². The maximum atomic E-state index is 5.67. The monoisotopic (exact) mass is 231 g/mol. The third-order valence-corrected chi connectivity index (χ3v) is 3.08. The molecule has 0 aliphatic carbocycles. The second-order valence-electron chi connectivity index (χ2n) is 3.38. The van der Waals surface area contributed by atoms with E-state index in [0.717, 1.165) is 27.3 Å². The number of benzene rings is 1. The van der Waals surface area contributed by atoms with Gasteiger partial charge < -0.3 is 10.7 Å². The van der Waals surface area contributed by atoms with E-state index in [1.54, 1.807) is 6.20 Å². The minimum atomic E-state index is 0.489. The van der Waals surface area contributed by atoms with E-state index >= 15 is 0 Å². The molecule has 0 radical (unpaired) electrons. The number of nitrogens with one attached hydrogen (secondary N) is 1. The molecule has 0 spiro atoms. The average Bonchev–Trinajstić information content (AvgIpc) is 2.96. The molecule has 0 aliphatic heterocycles. The van der Waals surface area contributed by atoms with Crippen LogP contribution in [0.5, 0.6) is 0 Å². The molecule has 3 rings (SSSR count). The fourth-order valence-electron chi connectivity index (χ4n) is 1.64. The molecule has 0 saturated heterocycles. The van der Waals surface area contributed by atoms with E-state index in [0.29, 0.717) is 6.54 Å². The van der Waals surface area contributed by atoms with Gasteiger partial charge in [-0.15, -0.1) is 5.10 Å². The third kappa shape index (κ3) is 1.39. The summed E-state index contributed by atoms with van der Waals surface area (Å²) in [5.74, 6) is 0.797. The van der Waals surface area contributed by atoms with Gasteiger partial charge in [0.1, 0.15) is 4.88 Å². The summed E-state index contributed by atoms with van der Waals surface area (Å²) in [4.78, 5) is 8.69. The highest BCUT2D eigenvalue weighted by Gasteiger charge is 2.09. The van der Waals surface area contributed by atoms with Gasteiger partial charge in [-0.3, -0.25) is 0 Å². The SMILES string of the molecule is NCc1cccc2[nH]c(-c3cnns3)nc12. The maximum Gasteiger partial charge on any atom is 0.151 e. The summed E-state index contributed by atoms with van der Waals surface area (Å²) >= 11 is 1.32. The van der Waals surface area contributed by atoms with Crippen molar-refractivity contribution < 1.29 is 0 Å². The molecule has 5 nitrogen and oxygen atoms in total. The summed E-state index contributed by atoms with van der Waals surface area (Å²) in [6.07, 6.45) is 1.70. The smallest absolute Gasteiger partial charge is 0.151 e. The fourth-order valence-corrected chi connectivity index (χ4v) is 2.10. The highest BCUT2D eigenvalue weighted by atomic mass is 32.1. The van der Waals surface area contributed by atoms with E-state index in [4.69, 9.17) is 5.73 Å². The lowest BCUT2D eigenvalue weighted by atomic mass is 10.2. The van der Waals surface area contributed by atoms with Gasteiger partial charge >= 0.3 is 0 Å². The zero-order valence-corrected chi connectivity index (χ0v) is 9.16. The predicted molar refractivity (Wildman–Crippen MR) is 62.9 cm³/mol. The molecule has 0 amide bonds. The van der Waals surface area contributed by atoms with Crippen LogP contribution in [0.4, 0.5) is 0 Å². The zero-order chi connectivity index (χ0) is 11.0. The molecule has 0 atom stereocenters. The van der Waals surface area contributed by atoms with Crippen LogP contribution >= 0.6 is 11.5 Å². The largest absolute Gasteiger partial charge is 0.337 e. The number of aromatic amines is 1. The Hall–Kier alpha value is -1.79. The first-order valence-corrected chi connectivity index (χ1v) is 5.61. The maximum absolute atomic E-state index is 5.67. The van der Waals surface area contributed by atoms with Crippen molar-refractivity contribution in [3.8, 4) is 10.7 Å². The summed E-state index contributed by atoms with van der Waals surface area (Å²) in [6.45, 7) is 0.489. The van der Waals surface area contributed by atoms with Crippen LogP contribution in [0.2, 0.25) is 0 Å². The molecular formula is C10H9N5S. The first-order chi connectivity index (χ1) is 7.88. The van der Waals surface area contributed by atoms with E-state index in [-0.39, 0.29) is 0 Å². The van der Waals surface area contributed by atoms with Crippen LogP contribution in [-0.2, 0) is 6.54 Å². The van der Waals surface area contributed by atoms with Crippen molar-refractivity contribution in [1.29, 1.82) is 0 Å². The molecule has 0 fully saturated rings. The minimum Gasteiger partial charge on any atom is -0.337 e. The molecule has 1 aromatic carbocycles. The van der Waals surface area contributed by atoms with Crippen LogP contribution in [0, 0.1) is 0 Å². The van der Waals surface area contributed by atoms with Gasteiger partial charge in [0.15, 0.2) is 5.82 Å². The molecule has 0 unspecified atom stereocenters. The number of nitrogens with zero attached hydrogens (tertiary/aromatic N) is 3. The van der Waals surface area contributed by atoms with Gasteiger partial charge in [0.25, 0.3) is 0 Å². The number of rotatable bonds is 2. The normalized spacial score (nSPS) is 11.1. The number of hydrogen-bond acceptors (Lipinski definition) is 5. The van der Waals surface area contributed by atoms with Crippen LogP contribution in [0.3, 0.4) is 0 Å². The summed E-state index contributed by atoms with van der Waals surface area (Å²) in [5.41, 5.74) is 8.62. The molecule has 6 heteroatoms. The van der Waals surface area contributed by atoms with E-state index in [9.17, 15) is 0 Å². The number of imidazole rings is 1. The van der Waals surface area contributed by atoms with Gasteiger partial charge in [0.05, 0.1) is 17.2 Å². The Labute approximate surface area is 95.5 Å². The number of nitrogens with two attached hydrogens (primary N) is 1. The van der Waals surface area contributed by atoms with Gasteiger partial charge in [-0.05, 0) is 23.2 Å². The van der Waals surface area contributed by atoms with Crippen LogP contribution in [0.15, 0.2) is 24.4 Å². The number of H-pyrrole nitrogens is 1. The molecule has 3 N–H and O–H groups in total. The van der Waals surface area contributed by atoms with Crippen LogP contribution in [0.25, 0.3) is 21.7 Å². The van der Waals surface area contributed by atoms with Crippen molar-refractivity contribution in [2.24, 2.45) is 5.73 Å². The van der Waals surface area contributed by atoms with E-state index in [1.807, 2.05) is 18.2 Å². The zero-order valence-electron chi connectivity index (χ0n) is 8.34. The Morgan fingerprint density at radius 3 is 3.06 bits per heavy atom. The molecule has 2 aromatic heterocycles. The van der Waals surface area contributed by atoms with Gasteiger partial charge in [0, 0.05) is 6.54 Å². The molecule has 0 saturated carbocycles. The van der Waals surface area contributed by atoms with Crippen molar-refractivity contribution in [2.45, 2.75) is 6.54 Å². The first kappa shape index (κ1) is 9.44. The first-order valence-electron chi connectivity index (χ1n) is 4.84. The van der Waals surface area contributed by atoms with E-state index < -0.39 is 0 Å². The fraction of sp³-hybridized carbons (Fsp3) is 0.100. The molecule has 16 heavy (non-hydrogen) atoms. The van der Waals surface area contributed by atoms with Crippen LogP contribution in [0.1, 0.15) is 5.56 Å². The summed E-state index contributed by atoms with van der Waals surface area (Å²) < 4.78 is 3.82.